The molecule has 1 heterocycles. The van der Waals surface area contributed by atoms with E-state index in [0.717, 1.165) is 0 Å². The van der Waals surface area contributed by atoms with Gasteiger partial charge in [-0.2, -0.15) is 0 Å². The first-order valence-electron chi connectivity index (χ1n) is 3.38. The minimum atomic E-state index is -4.60. The van der Waals surface area contributed by atoms with Gasteiger partial charge < -0.3 is 5.98 Å². The van der Waals surface area contributed by atoms with Gasteiger partial charge in [0.05, 0.1) is 0 Å². The number of fused-ring (bicyclic) bond motifs is 1. The average molecular weight is 346 g/mol. The van der Waals surface area contributed by atoms with Crippen molar-refractivity contribution in [2.24, 2.45) is 15.4 Å². The Morgan fingerprint density at radius 3 is 2.60 bits per heavy atom. The number of allylic oxidation sites excluding steroid dienone is 2. The maximum atomic E-state index is 10.9. The molecule has 80 valence electrons. The predicted molar refractivity (Wildman–Crippen MR) is 44.1 cm³/mol. The molecule has 0 saturated heterocycles. The maximum Gasteiger partial charge on any atom is 1.00 e. The van der Waals surface area contributed by atoms with Crippen LogP contribution in [0.2, 0.25) is 0 Å². The van der Waals surface area contributed by atoms with Crippen molar-refractivity contribution in [3.8, 4) is 0 Å². The molecule has 0 aromatic heterocycles. The van der Waals surface area contributed by atoms with E-state index < -0.39 is 15.0 Å². The molecule has 2 rings (SSSR count). The van der Waals surface area contributed by atoms with Gasteiger partial charge in [-0.05, 0) is 17.4 Å². The first-order valence-corrected chi connectivity index (χ1v) is 4.79. The fraction of sp³-hybridized carbons (Fsp3) is 0.167. The average Bonchev–Trinajstić information content (AvgIpc) is 2.46. The summed E-state index contributed by atoms with van der Waals surface area (Å²) in [6, 6.07) is 0. The van der Waals surface area contributed by atoms with Crippen LogP contribution in [0.1, 0.15) is 1.43 Å². The minimum Gasteiger partial charge on any atom is -1.00 e. The SMILES string of the molecule is O=S(=O)([O-])C12C=CC=CC1=NN=N2.[Ag+].[H-].[K+]. The van der Waals surface area contributed by atoms with Crippen LogP contribution in [-0.2, 0) is 32.5 Å². The van der Waals surface area contributed by atoms with Gasteiger partial charge in [0.15, 0.2) is 0 Å². The second-order valence-electron chi connectivity index (χ2n) is 2.54. The molecule has 0 spiro atoms. The molecule has 0 radical (unpaired) electrons. The number of rotatable bonds is 1. The van der Waals surface area contributed by atoms with E-state index in [-0.39, 0.29) is 80.9 Å². The Balaban J connectivity index is 0. The van der Waals surface area contributed by atoms with Gasteiger partial charge in [0, 0.05) is 0 Å². The molecular formula is C6H5AgKN3O3S. The summed E-state index contributed by atoms with van der Waals surface area (Å²) in [5.41, 5.74) is 0.0463. The van der Waals surface area contributed by atoms with E-state index in [1.54, 1.807) is 6.08 Å². The molecule has 6 nitrogen and oxygen atoms in total. The minimum absolute atomic E-state index is 0. The molecule has 2 aliphatic rings. The molecule has 15 heavy (non-hydrogen) atoms. The van der Waals surface area contributed by atoms with Gasteiger partial charge in [0.1, 0.15) is 15.8 Å². The Morgan fingerprint density at radius 2 is 2.07 bits per heavy atom. The van der Waals surface area contributed by atoms with Gasteiger partial charge in [0.2, 0.25) is 4.87 Å². The van der Waals surface area contributed by atoms with Crippen LogP contribution in [0.4, 0.5) is 0 Å². The third kappa shape index (κ3) is 2.65. The van der Waals surface area contributed by atoms with Crippen molar-refractivity contribution < 1.29 is 88.2 Å². The van der Waals surface area contributed by atoms with E-state index in [9.17, 15) is 13.0 Å². The van der Waals surface area contributed by atoms with Crippen LogP contribution < -0.4 is 51.4 Å². The molecular weight excluding hydrogens is 341 g/mol. The van der Waals surface area contributed by atoms with E-state index in [4.69, 9.17) is 0 Å². The molecule has 0 aromatic rings. The Kier molecular flexibility index (Phi) is 5.97. The Hall–Kier alpha value is 1.04. The maximum absolute atomic E-state index is 10.9. The van der Waals surface area contributed by atoms with Crippen molar-refractivity contribution in [3.63, 3.8) is 0 Å². The third-order valence-electron chi connectivity index (χ3n) is 1.78. The summed E-state index contributed by atoms with van der Waals surface area (Å²) >= 11 is 0. The number of hydrogen-bond acceptors (Lipinski definition) is 6. The van der Waals surface area contributed by atoms with Crippen LogP contribution in [0.3, 0.4) is 0 Å². The monoisotopic (exact) mass is 345 g/mol. The van der Waals surface area contributed by atoms with Crippen LogP contribution in [0.5, 0.6) is 0 Å². The van der Waals surface area contributed by atoms with Crippen LogP contribution in [0.15, 0.2) is 39.7 Å². The number of nitrogens with zero attached hydrogens (tertiary/aromatic N) is 3. The molecule has 0 fully saturated rings. The first kappa shape index (κ1) is 16.0. The van der Waals surface area contributed by atoms with Crippen LogP contribution in [-0.4, -0.2) is 23.6 Å². The van der Waals surface area contributed by atoms with Crippen molar-refractivity contribution in [2.45, 2.75) is 4.87 Å². The third-order valence-corrected chi connectivity index (χ3v) is 2.97. The van der Waals surface area contributed by atoms with Gasteiger partial charge in [-0.25, -0.2) is 8.42 Å². The molecule has 1 aliphatic carbocycles. The van der Waals surface area contributed by atoms with E-state index >= 15 is 0 Å². The molecule has 9 heteroatoms. The van der Waals surface area contributed by atoms with Crippen molar-refractivity contribution in [1.29, 1.82) is 0 Å². The zero-order valence-electron chi connectivity index (χ0n) is 8.59. The Bertz CT molecular complexity index is 475. The molecule has 0 saturated carbocycles. The van der Waals surface area contributed by atoms with Gasteiger partial charge in [-0.15, -0.1) is 10.2 Å². The van der Waals surface area contributed by atoms with Gasteiger partial charge in [-0.3, -0.25) is 0 Å². The zero-order chi connectivity index (χ0) is 9.53. The fourth-order valence-electron chi connectivity index (χ4n) is 1.13. The topological polar surface area (TPSA) is 94.3 Å². The van der Waals surface area contributed by atoms with Crippen LogP contribution in [0.25, 0.3) is 0 Å². The Morgan fingerprint density at radius 1 is 1.40 bits per heavy atom. The van der Waals surface area contributed by atoms with Crippen LogP contribution in [0, 0.1) is 0 Å². The van der Waals surface area contributed by atoms with E-state index in [1.807, 2.05) is 0 Å². The normalized spacial score (nSPS) is 26.3. The quantitative estimate of drug-likeness (QED) is 0.382. The molecule has 0 bridgehead atoms. The summed E-state index contributed by atoms with van der Waals surface area (Å²) in [6.07, 6.45) is 5.57. The van der Waals surface area contributed by atoms with E-state index in [2.05, 4.69) is 15.4 Å². The summed E-state index contributed by atoms with van der Waals surface area (Å²) in [5.74, 6) is 0. The molecule has 1 atom stereocenters. The van der Waals surface area contributed by atoms with Crippen molar-refractivity contribution in [1.82, 2.24) is 0 Å². The van der Waals surface area contributed by atoms with Gasteiger partial charge in [-0.1, -0.05) is 12.2 Å². The molecule has 1 aliphatic heterocycles. The predicted octanol–water partition coefficient (Wildman–Crippen LogP) is -2.71. The van der Waals surface area contributed by atoms with Crippen LogP contribution >= 0.6 is 0 Å². The van der Waals surface area contributed by atoms with Gasteiger partial charge >= 0.3 is 73.8 Å². The standard InChI is InChI=1S/C6H5N3O3S.Ag.K.H/c10-13(11,12)6-4-2-1-3-5(6)7-9-8-6;;;/h1-4H,(H,10,11,12);;;/q;2*+1;-1/p-1. The summed E-state index contributed by atoms with van der Waals surface area (Å²) < 4.78 is 32.7. The largest absolute Gasteiger partial charge is 1.00 e. The van der Waals surface area contributed by atoms with Crippen molar-refractivity contribution >= 4 is 15.8 Å². The molecule has 0 aromatic carbocycles. The molecule has 1 unspecified atom stereocenters. The summed E-state index contributed by atoms with van der Waals surface area (Å²) in [7, 11) is -4.60. The molecule has 0 amide bonds. The second-order valence-corrected chi connectivity index (χ2v) is 4.07. The van der Waals surface area contributed by atoms with Gasteiger partial charge in [0.25, 0.3) is 0 Å². The summed E-state index contributed by atoms with van der Waals surface area (Å²) in [5, 5.41) is 10.00. The van der Waals surface area contributed by atoms with E-state index in [1.165, 1.54) is 18.2 Å². The smallest absolute Gasteiger partial charge is 1.00 e. The second kappa shape index (κ2) is 5.58. The summed E-state index contributed by atoms with van der Waals surface area (Å²) in [6.45, 7) is 0. The van der Waals surface area contributed by atoms with Crippen molar-refractivity contribution in [3.05, 3.63) is 24.3 Å². The number of hydrogen-bond donors (Lipinski definition) is 0. The van der Waals surface area contributed by atoms with E-state index in [0.29, 0.717) is 0 Å². The fourth-order valence-corrected chi connectivity index (χ4v) is 1.87. The zero-order valence-corrected chi connectivity index (χ0v) is 13.0. The Labute approximate surface area is 146 Å². The first-order chi connectivity index (χ1) is 6.06. The molecule has 0 N–H and O–H groups in total. The van der Waals surface area contributed by atoms with Crippen molar-refractivity contribution in [2.75, 3.05) is 0 Å². The summed E-state index contributed by atoms with van der Waals surface area (Å²) in [4.78, 5) is -1.91.